The van der Waals surface area contributed by atoms with Gasteiger partial charge >= 0.3 is 0 Å². The van der Waals surface area contributed by atoms with E-state index in [1.54, 1.807) is 24.3 Å². The summed E-state index contributed by atoms with van der Waals surface area (Å²) in [4.78, 5) is 33.4. The Kier molecular flexibility index (Phi) is 10.2. The third-order valence-corrected chi connectivity index (χ3v) is 5.88. The van der Waals surface area contributed by atoms with Gasteiger partial charge in [0.25, 0.3) is 11.8 Å². The standard InChI is InChI=1S/C23H35N5O2.HI/c1-4-24-23(26-18-11-15-27(16-12-18)17(2)3)25-13-7-8-14-28-21(29)19-9-5-6-10-20(19)22(28)30;/h5-6,9-10,17-18H,4,7-8,11-16H2,1-3H3,(H2,24,25,26);1H. The van der Waals surface area contributed by atoms with Crippen molar-refractivity contribution in [3.05, 3.63) is 35.4 Å². The van der Waals surface area contributed by atoms with Gasteiger partial charge in [-0.05, 0) is 58.6 Å². The van der Waals surface area contributed by atoms with E-state index in [1.807, 2.05) is 0 Å². The molecular formula is C23H36IN5O2. The van der Waals surface area contributed by atoms with Crippen LogP contribution in [0.25, 0.3) is 0 Å². The number of benzene rings is 1. The normalized spacial score (nSPS) is 17.7. The van der Waals surface area contributed by atoms with Crippen LogP contribution in [-0.2, 0) is 0 Å². The molecule has 0 aliphatic carbocycles. The van der Waals surface area contributed by atoms with Crippen molar-refractivity contribution < 1.29 is 9.59 Å². The average molecular weight is 541 g/mol. The molecule has 7 nitrogen and oxygen atoms in total. The topological polar surface area (TPSA) is 77.0 Å². The molecule has 1 saturated heterocycles. The van der Waals surface area contributed by atoms with Crippen molar-refractivity contribution in [3.8, 4) is 0 Å². The minimum atomic E-state index is -0.179. The molecule has 2 aliphatic heterocycles. The molecule has 0 atom stereocenters. The van der Waals surface area contributed by atoms with Gasteiger partial charge in [-0.25, -0.2) is 0 Å². The van der Waals surface area contributed by atoms with Crippen LogP contribution in [0.15, 0.2) is 29.3 Å². The summed E-state index contributed by atoms with van der Waals surface area (Å²) in [6, 6.07) is 8.10. The highest BCUT2D eigenvalue weighted by atomic mass is 127. The van der Waals surface area contributed by atoms with Crippen LogP contribution >= 0.6 is 24.0 Å². The molecule has 0 radical (unpaired) electrons. The molecule has 0 aromatic heterocycles. The van der Waals surface area contributed by atoms with E-state index in [4.69, 9.17) is 4.99 Å². The molecule has 3 rings (SSSR count). The van der Waals surface area contributed by atoms with E-state index in [0.29, 0.717) is 36.3 Å². The fourth-order valence-electron chi connectivity index (χ4n) is 4.09. The number of halogens is 1. The lowest BCUT2D eigenvalue weighted by Gasteiger charge is -2.35. The fraction of sp³-hybridized carbons (Fsp3) is 0.609. The summed E-state index contributed by atoms with van der Waals surface area (Å²) in [5.74, 6) is 0.505. The van der Waals surface area contributed by atoms with Crippen molar-refractivity contribution in [3.63, 3.8) is 0 Å². The number of rotatable bonds is 8. The van der Waals surface area contributed by atoms with E-state index in [1.165, 1.54) is 4.90 Å². The predicted molar refractivity (Wildman–Crippen MR) is 135 cm³/mol. The molecule has 8 heteroatoms. The molecule has 172 valence electrons. The van der Waals surface area contributed by atoms with Gasteiger partial charge in [0.15, 0.2) is 5.96 Å². The van der Waals surface area contributed by atoms with Gasteiger partial charge in [-0.15, -0.1) is 24.0 Å². The predicted octanol–water partition coefficient (Wildman–Crippen LogP) is 3.11. The Bertz CT molecular complexity index is 740. The molecule has 2 N–H and O–H groups in total. The molecule has 2 amide bonds. The van der Waals surface area contributed by atoms with Crippen LogP contribution in [0, 0.1) is 0 Å². The number of likely N-dealkylation sites (tertiary alicyclic amines) is 1. The number of nitrogens with zero attached hydrogens (tertiary/aromatic N) is 3. The van der Waals surface area contributed by atoms with Gasteiger partial charge in [0, 0.05) is 44.8 Å². The van der Waals surface area contributed by atoms with Gasteiger partial charge in [-0.1, -0.05) is 12.1 Å². The van der Waals surface area contributed by atoms with Crippen molar-refractivity contribution >= 4 is 41.8 Å². The van der Waals surface area contributed by atoms with Crippen LogP contribution in [0.2, 0.25) is 0 Å². The second-order valence-corrected chi connectivity index (χ2v) is 8.32. The van der Waals surface area contributed by atoms with Crippen LogP contribution < -0.4 is 10.6 Å². The molecule has 2 heterocycles. The zero-order valence-electron chi connectivity index (χ0n) is 18.9. The van der Waals surface area contributed by atoms with Gasteiger partial charge in [0.2, 0.25) is 0 Å². The number of guanidine groups is 1. The second-order valence-electron chi connectivity index (χ2n) is 8.32. The van der Waals surface area contributed by atoms with Crippen molar-refractivity contribution in [2.75, 3.05) is 32.7 Å². The summed E-state index contributed by atoms with van der Waals surface area (Å²) in [7, 11) is 0. The average Bonchev–Trinajstić information content (AvgIpc) is 2.99. The smallest absolute Gasteiger partial charge is 0.261 e. The lowest BCUT2D eigenvalue weighted by molar-refractivity contribution is 0.0652. The van der Waals surface area contributed by atoms with Gasteiger partial charge < -0.3 is 15.5 Å². The molecule has 1 aromatic rings. The number of hydrogen-bond donors (Lipinski definition) is 2. The second kappa shape index (κ2) is 12.4. The van der Waals surface area contributed by atoms with E-state index < -0.39 is 0 Å². The molecule has 0 bridgehead atoms. The van der Waals surface area contributed by atoms with Crippen LogP contribution in [-0.4, -0.2) is 72.4 Å². The van der Waals surface area contributed by atoms with E-state index in [-0.39, 0.29) is 35.8 Å². The van der Waals surface area contributed by atoms with Gasteiger partial charge in [0.05, 0.1) is 11.1 Å². The Morgan fingerprint density at radius 1 is 1.10 bits per heavy atom. The molecule has 1 fully saturated rings. The summed E-state index contributed by atoms with van der Waals surface area (Å²) >= 11 is 0. The van der Waals surface area contributed by atoms with Crippen molar-refractivity contribution in [1.82, 2.24) is 20.4 Å². The van der Waals surface area contributed by atoms with E-state index >= 15 is 0 Å². The lowest BCUT2D eigenvalue weighted by atomic mass is 10.0. The van der Waals surface area contributed by atoms with Crippen LogP contribution in [0.1, 0.15) is 67.2 Å². The highest BCUT2D eigenvalue weighted by molar-refractivity contribution is 14.0. The van der Waals surface area contributed by atoms with Gasteiger partial charge in [0.1, 0.15) is 0 Å². The van der Waals surface area contributed by atoms with E-state index in [2.05, 4.69) is 36.3 Å². The van der Waals surface area contributed by atoms with Crippen molar-refractivity contribution in [1.29, 1.82) is 0 Å². The Balaban J connectivity index is 0.00000341. The largest absolute Gasteiger partial charge is 0.357 e. The minimum absolute atomic E-state index is 0. The number of unbranched alkanes of at least 4 members (excludes halogenated alkanes) is 1. The highest BCUT2D eigenvalue weighted by Gasteiger charge is 2.34. The molecule has 31 heavy (non-hydrogen) atoms. The third kappa shape index (κ3) is 6.65. The zero-order chi connectivity index (χ0) is 21.5. The first kappa shape index (κ1) is 25.6. The third-order valence-electron chi connectivity index (χ3n) is 5.88. The number of aliphatic imine (C=N–C) groups is 1. The first-order valence-electron chi connectivity index (χ1n) is 11.3. The number of hydrogen-bond acceptors (Lipinski definition) is 4. The summed E-state index contributed by atoms with van der Waals surface area (Å²) < 4.78 is 0. The Hall–Kier alpha value is -1.68. The van der Waals surface area contributed by atoms with E-state index in [0.717, 1.165) is 51.3 Å². The summed E-state index contributed by atoms with van der Waals surface area (Å²) in [5, 5.41) is 6.90. The Morgan fingerprint density at radius 3 is 2.26 bits per heavy atom. The van der Waals surface area contributed by atoms with Gasteiger partial charge in [-0.3, -0.25) is 19.5 Å². The first-order chi connectivity index (χ1) is 14.5. The summed E-state index contributed by atoms with van der Waals surface area (Å²) in [6.45, 7) is 10.8. The minimum Gasteiger partial charge on any atom is -0.357 e. The lowest BCUT2D eigenvalue weighted by Crippen LogP contribution is -2.49. The molecule has 0 spiro atoms. The van der Waals surface area contributed by atoms with Crippen LogP contribution in [0.3, 0.4) is 0 Å². The maximum Gasteiger partial charge on any atom is 0.261 e. The number of nitrogens with one attached hydrogen (secondary N) is 2. The number of carbonyl (C=O) groups excluding carboxylic acids is 2. The monoisotopic (exact) mass is 541 g/mol. The van der Waals surface area contributed by atoms with Crippen molar-refractivity contribution in [2.24, 2.45) is 4.99 Å². The number of imide groups is 1. The van der Waals surface area contributed by atoms with Gasteiger partial charge in [-0.2, -0.15) is 0 Å². The maximum atomic E-state index is 12.4. The molecular weight excluding hydrogens is 505 g/mol. The quantitative estimate of drug-likeness (QED) is 0.174. The number of piperidine rings is 1. The highest BCUT2D eigenvalue weighted by Crippen LogP contribution is 2.22. The summed E-state index contributed by atoms with van der Waals surface area (Å²) in [6.07, 6.45) is 3.83. The SMILES string of the molecule is CCNC(=NCCCCN1C(=O)c2ccccc2C1=O)NC1CCN(C(C)C)CC1.I. The molecule has 1 aromatic carbocycles. The molecule has 0 saturated carbocycles. The molecule has 2 aliphatic rings. The summed E-state index contributed by atoms with van der Waals surface area (Å²) in [5.41, 5.74) is 1.03. The first-order valence-corrected chi connectivity index (χ1v) is 11.3. The Morgan fingerprint density at radius 2 is 1.71 bits per heavy atom. The van der Waals surface area contributed by atoms with Crippen molar-refractivity contribution in [2.45, 2.75) is 58.5 Å². The number of carbonyl (C=O) groups is 2. The van der Waals surface area contributed by atoms with Crippen LogP contribution in [0.4, 0.5) is 0 Å². The fourth-order valence-corrected chi connectivity index (χ4v) is 4.09. The van der Waals surface area contributed by atoms with Crippen LogP contribution in [0.5, 0.6) is 0 Å². The molecule has 0 unspecified atom stereocenters. The maximum absolute atomic E-state index is 12.4. The number of fused-ring (bicyclic) bond motifs is 1. The van der Waals surface area contributed by atoms with E-state index in [9.17, 15) is 9.59 Å². The Labute approximate surface area is 203 Å². The zero-order valence-corrected chi connectivity index (χ0v) is 21.2. The number of amides is 2.